The number of amides is 2. The molecule has 0 saturated carbocycles. The van der Waals surface area contributed by atoms with E-state index in [-0.39, 0.29) is 18.2 Å². The number of urea groups is 1. The smallest absolute Gasteiger partial charge is 0.315 e. The van der Waals surface area contributed by atoms with Gasteiger partial charge in [-0.1, -0.05) is 6.92 Å². The molecule has 1 atom stereocenters. The lowest BCUT2D eigenvalue weighted by molar-refractivity contribution is 0.201. The van der Waals surface area contributed by atoms with Gasteiger partial charge in [0.1, 0.15) is 0 Å². The fraction of sp³-hybridized carbons (Fsp3) is 0.909. The molecule has 0 aromatic heterocycles. The zero-order chi connectivity index (χ0) is 12.4. The Morgan fingerprint density at radius 3 is 2.69 bits per heavy atom. The Labute approximate surface area is 103 Å². The van der Waals surface area contributed by atoms with E-state index in [2.05, 4.69) is 16.9 Å². The van der Waals surface area contributed by atoms with E-state index in [0.717, 1.165) is 18.6 Å². The molecule has 1 unspecified atom stereocenters. The van der Waals surface area contributed by atoms with Crippen molar-refractivity contribution in [3.8, 4) is 0 Å². The van der Waals surface area contributed by atoms with Crippen LogP contribution in [0.4, 0.5) is 4.79 Å². The molecule has 0 rings (SSSR count). The van der Waals surface area contributed by atoms with Crippen molar-refractivity contribution in [1.29, 1.82) is 0 Å². The molecule has 0 spiro atoms. The van der Waals surface area contributed by atoms with Crippen LogP contribution in [0, 0.1) is 0 Å². The lowest BCUT2D eigenvalue weighted by Gasteiger charge is -2.29. The maximum Gasteiger partial charge on any atom is 0.315 e. The van der Waals surface area contributed by atoms with Crippen LogP contribution in [0.5, 0.6) is 0 Å². The predicted octanol–water partition coefficient (Wildman–Crippen LogP) is 1.59. The highest BCUT2D eigenvalue weighted by atomic mass is 32.2. The summed E-state index contributed by atoms with van der Waals surface area (Å²) in [6, 6.07) is -0.140. The van der Waals surface area contributed by atoms with Crippen molar-refractivity contribution in [3.05, 3.63) is 0 Å². The summed E-state index contributed by atoms with van der Waals surface area (Å²) >= 11 is 1.77. The van der Waals surface area contributed by atoms with Gasteiger partial charge in [-0.05, 0) is 38.2 Å². The molecule has 0 aliphatic carbocycles. The first-order chi connectivity index (χ1) is 7.58. The number of rotatable bonds is 8. The summed E-state index contributed by atoms with van der Waals surface area (Å²) in [7, 11) is 0. The molecule has 0 aromatic carbocycles. The van der Waals surface area contributed by atoms with Crippen LogP contribution >= 0.6 is 11.8 Å². The zero-order valence-electron chi connectivity index (χ0n) is 10.5. The van der Waals surface area contributed by atoms with E-state index in [1.54, 1.807) is 11.8 Å². The number of carbonyl (C=O) groups excluding carboxylic acids is 1. The number of hydrogen-bond acceptors (Lipinski definition) is 3. The topological polar surface area (TPSA) is 61.4 Å². The number of nitrogens with one attached hydrogen (secondary N) is 2. The molecule has 0 saturated heterocycles. The maximum absolute atomic E-state index is 11.5. The van der Waals surface area contributed by atoms with Gasteiger partial charge in [0, 0.05) is 18.7 Å². The highest BCUT2D eigenvalue weighted by Crippen LogP contribution is 2.13. The third kappa shape index (κ3) is 6.95. The van der Waals surface area contributed by atoms with Crippen molar-refractivity contribution in [1.82, 2.24) is 10.6 Å². The van der Waals surface area contributed by atoms with Crippen LogP contribution in [-0.2, 0) is 0 Å². The molecule has 0 radical (unpaired) electrons. The van der Waals surface area contributed by atoms with Crippen molar-refractivity contribution in [2.45, 2.75) is 38.6 Å². The largest absolute Gasteiger partial charge is 0.396 e. The van der Waals surface area contributed by atoms with Crippen LogP contribution in [-0.4, -0.2) is 41.8 Å². The molecule has 2 amide bonds. The van der Waals surface area contributed by atoms with Crippen LogP contribution in [0.15, 0.2) is 0 Å². The molecule has 96 valence electrons. The van der Waals surface area contributed by atoms with Gasteiger partial charge in [0.25, 0.3) is 0 Å². The van der Waals surface area contributed by atoms with Gasteiger partial charge in [0.15, 0.2) is 0 Å². The quantitative estimate of drug-likeness (QED) is 0.572. The predicted molar refractivity (Wildman–Crippen MR) is 69.9 cm³/mol. The van der Waals surface area contributed by atoms with Gasteiger partial charge < -0.3 is 15.7 Å². The number of hydrogen-bond donors (Lipinski definition) is 3. The van der Waals surface area contributed by atoms with E-state index < -0.39 is 0 Å². The van der Waals surface area contributed by atoms with Crippen LogP contribution in [0.2, 0.25) is 0 Å². The van der Waals surface area contributed by atoms with E-state index >= 15 is 0 Å². The van der Waals surface area contributed by atoms with E-state index in [0.29, 0.717) is 13.0 Å². The van der Waals surface area contributed by atoms with Gasteiger partial charge in [-0.3, -0.25) is 0 Å². The average molecular weight is 248 g/mol. The molecule has 0 fully saturated rings. The molecular formula is C11H24N2O2S. The van der Waals surface area contributed by atoms with Gasteiger partial charge >= 0.3 is 6.03 Å². The van der Waals surface area contributed by atoms with Crippen molar-refractivity contribution in [2.75, 3.05) is 25.2 Å². The van der Waals surface area contributed by atoms with Crippen LogP contribution in [0.1, 0.15) is 33.1 Å². The van der Waals surface area contributed by atoms with Crippen molar-refractivity contribution >= 4 is 17.8 Å². The lowest BCUT2D eigenvalue weighted by atomic mass is 9.95. The highest BCUT2D eigenvalue weighted by Gasteiger charge is 2.23. The Hall–Kier alpha value is -0.420. The summed E-state index contributed by atoms with van der Waals surface area (Å²) in [6.07, 6.45) is 4.43. The summed E-state index contributed by atoms with van der Waals surface area (Å²) < 4.78 is 0. The van der Waals surface area contributed by atoms with Gasteiger partial charge in [-0.2, -0.15) is 11.8 Å². The van der Waals surface area contributed by atoms with E-state index in [1.165, 1.54) is 0 Å². The Balaban J connectivity index is 3.82. The van der Waals surface area contributed by atoms with Crippen LogP contribution in [0.3, 0.4) is 0 Å². The highest BCUT2D eigenvalue weighted by molar-refractivity contribution is 7.98. The number of thioether (sulfide) groups is 1. The Morgan fingerprint density at radius 2 is 2.19 bits per heavy atom. The number of aliphatic hydroxyl groups is 1. The molecule has 5 heteroatoms. The summed E-state index contributed by atoms with van der Waals surface area (Å²) in [4.78, 5) is 11.5. The monoisotopic (exact) mass is 248 g/mol. The summed E-state index contributed by atoms with van der Waals surface area (Å²) in [5.74, 6) is 1.06. The van der Waals surface area contributed by atoms with Gasteiger partial charge in [0.2, 0.25) is 0 Å². The third-order valence-corrected chi connectivity index (χ3v) is 3.37. The third-order valence-electron chi connectivity index (χ3n) is 2.67. The first-order valence-electron chi connectivity index (χ1n) is 5.74. The summed E-state index contributed by atoms with van der Waals surface area (Å²) in [6.45, 7) is 4.75. The Morgan fingerprint density at radius 1 is 1.50 bits per heavy atom. The second-order valence-electron chi connectivity index (χ2n) is 4.12. The molecule has 0 aromatic rings. The van der Waals surface area contributed by atoms with Gasteiger partial charge in [-0.25, -0.2) is 4.79 Å². The summed E-state index contributed by atoms with van der Waals surface area (Å²) in [5, 5.41) is 14.6. The molecule has 0 aliphatic heterocycles. The molecule has 0 aliphatic rings. The van der Waals surface area contributed by atoms with E-state index in [1.807, 2.05) is 13.8 Å². The van der Waals surface area contributed by atoms with E-state index in [4.69, 9.17) is 5.11 Å². The fourth-order valence-electron chi connectivity index (χ4n) is 1.31. The number of aliphatic hydroxyl groups excluding tert-OH is 1. The molecular weight excluding hydrogens is 224 g/mol. The SMILES string of the molecule is CCC(C)(CCO)NC(=O)NCCCSC. The van der Waals surface area contributed by atoms with Crippen LogP contribution < -0.4 is 10.6 Å². The molecule has 16 heavy (non-hydrogen) atoms. The second kappa shape index (κ2) is 8.70. The number of carbonyl (C=O) groups is 1. The van der Waals surface area contributed by atoms with Gasteiger partial charge in [0.05, 0.1) is 0 Å². The molecule has 3 N–H and O–H groups in total. The zero-order valence-corrected chi connectivity index (χ0v) is 11.3. The lowest BCUT2D eigenvalue weighted by Crippen LogP contribution is -2.50. The van der Waals surface area contributed by atoms with Crippen molar-refractivity contribution in [2.24, 2.45) is 0 Å². The van der Waals surface area contributed by atoms with Gasteiger partial charge in [-0.15, -0.1) is 0 Å². The van der Waals surface area contributed by atoms with Crippen molar-refractivity contribution < 1.29 is 9.90 Å². The Bertz CT molecular complexity index is 202. The minimum absolute atomic E-state index is 0.0943. The average Bonchev–Trinajstić information content (AvgIpc) is 2.25. The summed E-state index contributed by atoms with van der Waals surface area (Å²) in [5.41, 5.74) is -0.307. The van der Waals surface area contributed by atoms with Crippen LogP contribution in [0.25, 0.3) is 0 Å². The minimum atomic E-state index is -0.307. The standard InChI is InChI=1S/C11H24N2O2S/c1-4-11(2,6-8-14)13-10(15)12-7-5-9-16-3/h14H,4-9H2,1-3H3,(H2,12,13,15). The second-order valence-corrected chi connectivity index (χ2v) is 5.10. The van der Waals surface area contributed by atoms with E-state index in [9.17, 15) is 4.79 Å². The first kappa shape index (κ1) is 15.6. The fourth-order valence-corrected chi connectivity index (χ4v) is 1.74. The molecule has 0 heterocycles. The Kier molecular flexibility index (Phi) is 8.47. The molecule has 0 bridgehead atoms. The normalized spacial score (nSPS) is 14.2. The molecule has 4 nitrogen and oxygen atoms in total. The minimum Gasteiger partial charge on any atom is -0.396 e. The maximum atomic E-state index is 11.5. The first-order valence-corrected chi connectivity index (χ1v) is 7.13. The van der Waals surface area contributed by atoms with Crippen molar-refractivity contribution in [3.63, 3.8) is 0 Å².